The molecule has 3 atom stereocenters. The molecule has 39 heavy (non-hydrogen) atoms. The third-order valence-corrected chi connectivity index (χ3v) is 8.17. The molecule has 3 aromatic rings. The van der Waals surface area contributed by atoms with Crippen LogP contribution in [0.15, 0.2) is 48.7 Å². The zero-order valence-corrected chi connectivity index (χ0v) is 22.3. The molecule has 3 fully saturated rings. The zero-order valence-electron chi connectivity index (χ0n) is 22.3. The van der Waals surface area contributed by atoms with Gasteiger partial charge in [0.1, 0.15) is 11.4 Å². The maximum atomic E-state index is 10.3. The summed E-state index contributed by atoms with van der Waals surface area (Å²) in [6.07, 6.45) is 5.18. The number of pyridine rings is 1. The van der Waals surface area contributed by atoms with Gasteiger partial charge in [0.2, 0.25) is 0 Å². The highest BCUT2D eigenvalue weighted by Crippen LogP contribution is 2.39. The Morgan fingerprint density at radius 3 is 2.72 bits per heavy atom. The second-order valence-electron chi connectivity index (χ2n) is 10.5. The lowest BCUT2D eigenvalue weighted by Gasteiger charge is -2.43. The number of nitrogens with zero attached hydrogens (tertiary/aromatic N) is 6. The molecule has 5 heterocycles. The predicted octanol–water partition coefficient (Wildman–Crippen LogP) is 3.15. The van der Waals surface area contributed by atoms with E-state index in [1.54, 1.807) is 12.1 Å². The van der Waals surface area contributed by atoms with Gasteiger partial charge >= 0.3 is 0 Å². The molecule has 2 aromatic heterocycles. The third-order valence-electron chi connectivity index (χ3n) is 8.17. The number of phenolic OH excluding ortho intramolecular Hbond substituents is 1. The Morgan fingerprint density at radius 2 is 1.92 bits per heavy atom. The molecular weight excluding hydrogens is 490 g/mol. The first kappa shape index (κ1) is 25.4. The summed E-state index contributed by atoms with van der Waals surface area (Å²) in [4.78, 5) is 11.8. The fourth-order valence-corrected chi connectivity index (χ4v) is 6.14. The number of phenols is 1. The Morgan fingerprint density at radius 1 is 1.10 bits per heavy atom. The van der Waals surface area contributed by atoms with Crippen LogP contribution in [0.5, 0.6) is 5.75 Å². The molecule has 3 saturated heterocycles. The van der Waals surface area contributed by atoms with Crippen molar-refractivity contribution in [2.45, 2.75) is 44.3 Å². The third kappa shape index (κ3) is 5.22. The molecule has 0 saturated carbocycles. The Kier molecular flexibility index (Phi) is 7.22. The fourth-order valence-electron chi connectivity index (χ4n) is 6.14. The number of anilines is 3. The summed E-state index contributed by atoms with van der Waals surface area (Å²) in [7, 11) is 0. The van der Waals surface area contributed by atoms with E-state index in [2.05, 4.69) is 60.8 Å². The number of ether oxygens (including phenoxy) is 1. The van der Waals surface area contributed by atoms with Gasteiger partial charge in [0, 0.05) is 55.2 Å². The SMILES string of the molecule is CC[C@@H]1COCCN1CC#Cc1cc(N2C3CCC2CN(c2cc(-c4ccccc4O)nnc2N)C3)ccn1. The van der Waals surface area contributed by atoms with Crippen molar-refractivity contribution in [3.05, 3.63) is 54.4 Å². The van der Waals surface area contributed by atoms with Crippen molar-refractivity contribution in [1.82, 2.24) is 20.1 Å². The number of aromatic nitrogens is 3. The van der Waals surface area contributed by atoms with Crippen LogP contribution in [0.25, 0.3) is 11.3 Å². The summed E-state index contributed by atoms with van der Waals surface area (Å²) in [5.41, 5.74) is 10.4. The Bertz CT molecular complexity index is 1370. The smallest absolute Gasteiger partial charge is 0.169 e. The molecule has 0 radical (unpaired) electrons. The molecule has 0 aliphatic carbocycles. The summed E-state index contributed by atoms with van der Waals surface area (Å²) in [6, 6.07) is 14.5. The van der Waals surface area contributed by atoms with Crippen LogP contribution in [-0.2, 0) is 4.74 Å². The monoisotopic (exact) mass is 525 g/mol. The lowest BCUT2D eigenvalue weighted by Crippen LogP contribution is -2.54. The lowest BCUT2D eigenvalue weighted by molar-refractivity contribution is -0.00177. The topological polar surface area (TPSA) is 104 Å². The first-order chi connectivity index (χ1) is 19.1. The first-order valence-corrected chi connectivity index (χ1v) is 13.8. The highest BCUT2D eigenvalue weighted by Gasteiger charge is 2.40. The van der Waals surface area contributed by atoms with Gasteiger partial charge in [-0.1, -0.05) is 25.0 Å². The van der Waals surface area contributed by atoms with Crippen molar-refractivity contribution in [1.29, 1.82) is 0 Å². The van der Waals surface area contributed by atoms with Gasteiger partial charge in [0.05, 0.1) is 31.1 Å². The number of rotatable bonds is 5. The van der Waals surface area contributed by atoms with Crippen LogP contribution in [0.2, 0.25) is 0 Å². The summed E-state index contributed by atoms with van der Waals surface area (Å²) < 4.78 is 5.62. The maximum Gasteiger partial charge on any atom is 0.169 e. The van der Waals surface area contributed by atoms with E-state index in [0.29, 0.717) is 35.2 Å². The number of morpholine rings is 1. The molecule has 3 aliphatic heterocycles. The number of aromatic hydroxyl groups is 1. The number of piperazine rings is 1. The summed E-state index contributed by atoms with van der Waals surface area (Å²) in [6.45, 7) is 7.11. The first-order valence-electron chi connectivity index (χ1n) is 13.8. The Balaban J connectivity index is 1.17. The quantitative estimate of drug-likeness (QED) is 0.486. The highest BCUT2D eigenvalue weighted by atomic mass is 16.5. The summed E-state index contributed by atoms with van der Waals surface area (Å²) >= 11 is 0. The average molecular weight is 526 g/mol. The van der Waals surface area contributed by atoms with Gasteiger partial charge < -0.3 is 25.4 Å². The molecule has 2 bridgehead atoms. The molecule has 6 rings (SSSR count). The number of nitrogen functional groups attached to an aromatic ring is 1. The van der Waals surface area contributed by atoms with Gasteiger partial charge in [0.25, 0.3) is 0 Å². The molecule has 2 unspecified atom stereocenters. The molecule has 1 aromatic carbocycles. The van der Waals surface area contributed by atoms with Gasteiger partial charge in [-0.15, -0.1) is 10.2 Å². The largest absolute Gasteiger partial charge is 0.507 e. The van der Waals surface area contributed by atoms with Crippen LogP contribution in [0, 0.1) is 11.8 Å². The van der Waals surface area contributed by atoms with E-state index in [1.165, 1.54) is 5.69 Å². The van der Waals surface area contributed by atoms with Crippen LogP contribution in [0.3, 0.4) is 0 Å². The van der Waals surface area contributed by atoms with E-state index in [1.807, 2.05) is 24.4 Å². The van der Waals surface area contributed by atoms with Gasteiger partial charge in [-0.25, -0.2) is 4.98 Å². The molecular formula is C30H35N7O2. The van der Waals surface area contributed by atoms with Crippen LogP contribution in [0.4, 0.5) is 17.2 Å². The molecule has 3 N–H and O–H groups in total. The van der Waals surface area contributed by atoms with Crippen molar-refractivity contribution in [3.63, 3.8) is 0 Å². The summed E-state index contributed by atoms with van der Waals surface area (Å²) in [5.74, 6) is 7.24. The predicted molar refractivity (Wildman–Crippen MR) is 153 cm³/mol. The van der Waals surface area contributed by atoms with Crippen LogP contribution < -0.4 is 15.5 Å². The highest BCUT2D eigenvalue weighted by molar-refractivity contribution is 5.74. The minimum Gasteiger partial charge on any atom is -0.507 e. The fraction of sp³-hybridized carbons (Fsp3) is 0.433. The maximum absolute atomic E-state index is 10.3. The summed E-state index contributed by atoms with van der Waals surface area (Å²) in [5, 5.41) is 18.8. The van der Waals surface area contributed by atoms with E-state index >= 15 is 0 Å². The van der Waals surface area contributed by atoms with E-state index in [0.717, 1.165) is 70.0 Å². The Labute approximate surface area is 229 Å². The van der Waals surface area contributed by atoms with Gasteiger partial charge in [-0.3, -0.25) is 4.90 Å². The molecule has 9 heteroatoms. The number of nitrogens with two attached hydrogens (primary N) is 1. The molecule has 0 amide bonds. The second-order valence-corrected chi connectivity index (χ2v) is 10.5. The zero-order chi connectivity index (χ0) is 26.8. The number of benzene rings is 1. The lowest BCUT2D eigenvalue weighted by atomic mass is 10.1. The normalized spacial score (nSPS) is 22.9. The number of hydrogen-bond donors (Lipinski definition) is 2. The van der Waals surface area contributed by atoms with Crippen LogP contribution >= 0.6 is 0 Å². The van der Waals surface area contributed by atoms with Crippen molar-refractivity contribution >= 4 is 17.2 Å². The minimum absolute atomic E-state index is 0.180. The number of hydrogen-bond acceptors (Lipinski definition) is 9. The van der Waals surface area contributed by atoms with Gasteiger partial charge in [0.15, 0.2) is 5.82 Å². The molecule has 0 spiro atoms. The van der Waals surface area contributed by atoms with Gasteiger partial charge in [-0.2, -0.15) is 0 Å². The average Bonchev–Trinajstić information content (AvgIpc) is 3.23. The number of para-hydroxylation sites is 1. The van der Waals surface area contributed by atoms with Crippen molar-refractivity contribution in [2.75, 3.05) is 54.9 Å². The second kappa shape index (κ2) is 11.1. The van der Waals surface area contributed by atoms with E-state index in [-0.39, 0.29) is 5.75 Å². The standard InChI is InChI=1S/C30H35N7O2/c1-2-22-20-39-15-14-35(22)13-5-6-21-16-23(11-12-32-21)37-24-9-10-25(37)19-36(18-24)28-17-27(33-34-30(28)31)26-7-3-4-8-29(26)38/h3-4,7-8,11-12,16-17,22,24-25,38H,2,9-10,13-15,18-20H2,1H3,(H2,31,34)/t22-,24?,25?/m1/s1. The van der Waals surface area contributed by atoms with Gasteiger partial charge in [-0.05, 0) is 55.5 Å². The van der Waals surface area contributed by atoms with Crippen molar-refractivity contribution < 1.29 is 9.84 Å². The van der Waals surface area contributed by atoms with E-state index in [4.69, 9.17) is 10.5 Å². The van der Waals surface area contributed by atoms with E-state index in [9.17, 15) is 5.11 Å². The van der Waals surface area contributed by atoms with Crippen molar-refractivity contribution in [3.8, 4) is 28.8 Å². The van der Waals surface area contributed by atoms with Crippen LogP contribution in [0.1, 0.15) is 31.9 Å². The van der Waals surface area contributed by atoms with Crippen molar-refractivity contribution in [2.24, 2.45) is 0 Å². The van der Waals surface area contributed by atoms with E-state index < -0.39 is 0 Å². The van der Waals surface area contributed by atoms with Crippen LogP contribution in [-0.4, -0.2) is 82.7 Å². The molecule has 3 aliphatic rings. The number of fused-ring (bicyclic) bond motifs is 2. The Hall–Kier alpha value is -3.87. The molecule has 202 valence electrons. The molecule has 9 nitrogen and oxygen atoms in total. The minimum atomic E-state index is 0.180.